The summed E-state index contributed by atoms with van der Waals surface area (Å²) in [5, 5.41) is 13.0. The molecular formula is C33H40MnN7O4S-. The third-order valence-electron chi connectivity index (χ3n) is 10.5. The van der Waals surface area contributed by atoms with Crippen molar-refractivity contribution in [1.29, 1.82) is 5.26 Å². The van der Waals surface area contributed by atoms with E-state index >= 15 is 0 Å². The molecule has 2 aliphatic carbocycles. The molecule has 3 aromatic rings. The van der Waals surface area contributed by atoms with Gasteiger partial charge in [0, 0.05) is 53.6 Å². The van der Waals surface area contributed by atoms with Crippen molar-refractivity contribution >= 4 is 34.0 Å². The molecule has 3 fully saturated rings. The van der Waals surface area contributed by atoms with Gasteiger partial charge in [-0.25, -0.2) is 9.78 Å². The molecular weight excluding hydrogens is 645 g/mol. The molecule has 0 bridgehead atoms. The van der Waals surface area contributed by atoms with Gasteiger partial charge in [-0.15, -0.1) is 10.4 Å². The number of allylic oxidation sites excluding steroid dienone is 1. The van der Waals surface area contributed by atoms with Crippen molar-refractivity contribution < 1.29 is 31.3 Å². The van der Waals surface area contributed by atoms with E-state index in [1.807, 2.05) is 6.92 Å². The second-order valence-electron chi connectivity index (χ2n) is 13.3. The number of ether oxygens (including phenoxy) is 2. The van der Waals surface area contributed by atoms with Crippen LogP contribution in [0.15, 0.2) is 10.4 Å². The Balaban J connectivity index is 0.00000372. The minimum atomic E-state index is -0.780. The molecule has 2 saturated heterocycles. The Bertz CT molecular complexity index is 1810. The predicted octanol–water partition coefficient (Wildman–Crippen LogP) is 3.46. The van der Waals surface area contributed by atoms with Gasteiger partial charge in [0.25, 0.3) is 0 Å². The average Bonchev–Trinajstić information content (AvgIpc) is 3.82. The number of likely N-dealkylation sites (N-methyl/N-ethyl adjacent to an activating group) is 1. The van der Waals surface area contributed by atoms with Crippen LogP contribution in [0.2, 0.25) is 0 Å². The number of ketones is 1. The SMILES string of the molecule is C[C@H]1CC(Cn2c(=O)n(C)c3c(OC[C@@H]4CCCN4C)nc(/C(N)=C4\CCC[C@@]5(CCCc6s[c-]c(C#N)c65)C4=O)nc32)CO1.[Mn]. The van der Waals surface area contributed by atoms with Crippen molar-refractivity contribution in [2.24, 2.45) is 18.7 Å². The van der Waals surface area contributed by atoms with E-state index in [9.17, 15) is 14.9 Å². The smallest absolute Gasteiger partial charge is 0.330 e. The number of aromatic nitrogens is 4. The van der Waals surface area contributed by atoms with Gasteiger partial charge < -0.3 is 20.1 Å². The van der Waals surface area contributed by atoms with Crippen LogP contribution in [-0.2, 0) is 52.0 Å². The Kier molecular flexibility index (Phi) is 9.22. The minimum Gasteiger partial charge on any atom is -0.474 e. The van der Waals surface area contributed by atoms with Gasteiger partial charge in [0.05, 0.1) is 18.4 Å². The first kappa shape index (κ1) is 32.9. The van der Waals surface area contributed by atoms with Crippen LogP contribution < -0.4 is 16.2 Å². The fraction of sp³-hybridized carbons (Fsp3) is 0.606. The normalized spacial score (nSPS) is 27.5. The monoisotopic (exact) mass is 685 g/mol. The van der Waals surface area contributed by atoms with Crippen molar-refractivity contribution in [2.45, 2.75) is 88.8 Å². The van der Waals surface area contributed by atoms with Gasteiger partial charge in [-0.1, -0.05) is 23.8 Å². The molecule has 13 heteroatoms. The van der Waals surface area contributed by atoms with Crippen molar-refractivity contribution in [1.82, 2.24) is 24.0 Å². The number of rotatable bonds is 6. The zero-order valence-corrected chi connectivity index (χ0v) is 28.6. The van der Waals surface area contributed by atoms with Crippen LogP contribution in [0.5, 0.6) is 5.88 Å². The first-order valence-electron chi connectivity index (χ1n) is 16.1. The number of fused-ring (bicyclic) bond motifs is 3. The average molecular weight is 686 g/mol. The summed E-state index contributed by atoms with van der Waals surface area (Å²) in [5.74, 6) is 0.620. The fourth-order valence-corrected chi connectivity index (χ4v) is 9.08. The molecule has 4 atom stereocenters. The standard InChI is InChI=1S/C33H40N7O4S.Mn/c1-19-13-20(16-43-19)15-40-30-27(39(3)32(40)42)31(44-17-22-7-6-12-38(22)2)37-29(36-30)26(35)23-8-4-10-33(28(23)41)11-5-9-24-25(33)21(14-34)18-45-24;/h19-20,22H,4-13,15-17,35H2,1-3H3;/q-1;/b26-23-;/t19-,20?,22-,33-;/m0./s1. The molecule has 4 aliphatic rings. The van der Waals surface area contributed by atoms with E-state index in [1.54, 1.807) is 16.2 Å². The van der Waals surface area contributed by atoms with Gasteiger partial charge in [-0.05, 0) is 71.5 Å². The first-order chi connectivity index (χ1) is 21.7. The minimum absolute atomic E-state index is 0. The van der Waals surface area contributed by atoms with E-state index in [0.29, 0.717) is 67.2 Å². The van der Waals surface area contributed by atoms with Crippen molar-refractivity contribution in [3.8, 4) is 11.9 Å². The molecule has 5 heterocycles. The number of carbonyl (C=O) groups excluding carboxylic acids is 1. The largest absolute Gasteiger partial charge is 0.474 e. The Morgan fingerprint density at radius 3 is 2.70 bits per heavy atom. The number of carbonyl (C=O) groups is 1. The van der Waals surface area contributed by atoms with E-state index in [2.05, 4.69) is 23.4 Å². The maximum Gasteiger partial charge on any atom is 0.330 e. The van der Waals surface area contributed by atoms with E-state index in [1.165, 1.54) is 11.3 Å². The van der Waals surface area contributed by atoms with Crippen molar-refractivity contribution in [2.75, 3.05) is 26.8 Å². The second-order valence-corrected chi connectivity index (χ2v) is 14.2. The molecule has 1 spiro atoms. The Morgan fingerprint density at radius 2 is 2.00 bits per heavy atom. The molecule has 1 unspecified atom stereocenters. The van der Waals surface area contributed by atoms with Crippen LogP contribution in [0.1, 0.15) is 80.1 Å². The predicted molar refractivity (Wildman–Crippen MR) is 170 cm³/mol. The molecule has 7 rings (SSSR count). The summed E-state index contributed by atoms with van der Waals surface area (Å²) in [5.41, 5.74) is 8.90. The van der Waals surface area contributed by atoms with Crippen molar-refractivity contribution in [3.63, 3.8) is 0 Å². The molecule has 245 valence electrons. The van der Waals surface area contributed by atoms with Gasteiger partial charge in [0.15, 0.2) is 22.8 Å². The van der Waals surface area contributed by atoms with Crippen molar-refractivity contribution in [3.05, 3.63) is 43.3 Å². The number of nitrogens with zero attached hydrogens (tertiary/aromatic N) is 6. The van der Waals surface area contributed by atoms with E-state index in [0.717, 1.165) is 55.5 Å². The summed E-state index contributed by atoms with van der Waals surface area (Å²) in [7, 11) is 3.81. The van der Waals surface area contributed by atoms with Crippen LogP contribution in [0.4, 0.5) is 0 Å². The number of nitriles is 1. The number of nitrogens with two attached hydrogens (primary N) is 1. The summed E-state index contributed by atoms with van der Waals surface area (Å²) in [6.45, 7) is 4.50. The number of Topliss-reactive ketones (excluding diaryl/α,β-unsaturated/α-hetero) is 1. The molecule has 0 aromatic carbocycles. The Labute approximate surface area is 283 Å². The molecule has 46 heavy (non-hydrogen) atoms. The van der Waals surface area contributed by atoms with Gasteiger partial charge in [-0.3, -0.25) is 30.5 Å². The Morgan fingerprint density at radius 1 is 1.22 bits per heavy atom. The Hall–Kier alpha value is -3.01. The first-order valence-corrected chi connectivity index (χ1v) is 16.9. The number of hydrogen-bond acceptors (Lipinski definition) is 10. The third-order valence-corrected chi connectivity index (χ3v) is 11.4. The summed E-state index contributed by atoms with van der Waals surface area (Å²) in [6, 6.07) is 2.52. The number of aryl methyl sites for hydroxylation is 2. The topological polar surface area (TPSA) is 141 Å². The fourth-order valence-electron chi connectivity index (χ4n) is 8.06. The van der Waals surface area contributed by atoms with Crippen LogP contribution >= 0.6 is 11.3 Å². The number of thiophene rings is 1. The maximum atomic E-state index is 14.5. The molecule has 1 radical (unpaired) electrons. The van der Waals surface area contributed by atoms with Crippen LogP contribution in [0, 0.1) is 22.6 Å². The van der Waals surface area contributed by atoms with Gasteiger partial charge in [0.1, 0.15) is 6.61 Å². The van der Waals surface area contributed by atoms with Gasteiger partial charge in [-0.2, -0.15) is 4.98 Å². The van der Waals surface area contributed by atoms with Crippen LogP contribution in [-0.4, -0.2) is 68.7 Å². The van der Waals surface area contributed by atoms with E-state index in [-0.39, 0.29) is 58.1 Å². The molecule has 0 amide bonds. The molecule has 2 aliphatic heterocycles. The maximum absolute atomic E-state index is 14.5. The summed E-state index contributed by atoms with van der Waals surface area (Å²) < 4.78 is 15.4. The number of likely N-dealkylation sites (tertiary alicyclic amines) is 1. The van der Waals surface area contributed by atoms with Gasteiger partial charge in [0.2, 0.25) is 5.88 Å². The zero-order valence-electron chi connectivity index (χ0n) is 26.6. The molecule has 11 nitrogen and oxygen atoms in total. The second kappa shape index (κ2) is 12.9. The van der Waals surface area contributed by atoms with Crippen LogP contribution in [0.25, 0.3) is 16.9 Å². The molecule has 2 N–H and O–H groups in total. The number of hydrogen-bond donors (Lipinski definition) is 1. The van der Waals surface area contributed by atoms with Crippen LogP contribution in [0.3, 0.4) is 0 Å². The molecule has 3 aromatic heterocycles. The summed E-state index contributed by atoms with van der Waals surface area (Å²) >= 11 is 1.45. The quantitative estimate of drug-likeness (QED) is 0.235. The molecule has 1 saturated carbocycles. The third kappa shape index (κ3) is 5.42. The van der Waals surface area contributed by atoms with Gasteiger partial charge >= 0.3 is 5.69 Å². The zero-order chi connectivity index (χ0) is 31.5. The van der Waals surface area contributed by atoms with E-state index < -0.39 is 5.41 Å². The van der Waals surface area contributed by atoms with E-state index in [4.69, 9.17) is 25.2 Å². The summed E-state index contributed by atoms with van der Waals surface area (Å²) in [4.78, 5) is 41.2. The summed E-state index contributed by atoms with van der Waals surface area (Å²) in [6.07, 6.45) is 7.47. The number of imidazole rings is 1.